The van der Waals surface area contributed by atoms with Gasteiger partial charge in [-0.15, -0.1) is 0 Å². The van der Waals surface area contributed by atoms with Gasteiger partial charge < -0.3 is 10.2 Å². The highest BCUT2D eigenvalue weighted by molar-refractivity contribution is 6.17. The normalized spacial score (nSPS) is 22.4. The number of hydrogen-bond acceptors (Lipinski definition) is 3. The number of benzene rings is 1. The van der Waals surface area contributed by atoms with Gasteiger partial charge in [0.05, 0.1) is 5.71 Å². The van der Waals surface area contributed by atoms with E-state index < -0.39 is 11.5 Å². The van der Waals surface area contributed by atoms with Crippen molar-refractivity contribution in [2.45, 2.75) is 60.2 Å². The Morgan fingerprint density at radius 2 is 2.00 bits per heavy atom. The highest BCUT2D eigenvalue weighted by Crippen LogP contribution is 2.42. The van der Waals surface area contributed by atoms with Crippen LogP contribution in [-0.2, 0) is 12.2 Å². The zero-order valence-corrected chi connectivity index (χ0v) is 21.3. The van der Waals surface area contributed by atoms with Gasteiger partial charge in [0.15, 0.2) is 0 Å². The monoisotopic (exact) mass is 466 g/mol. The minimum absolute atomic E-state index is 0.0848. The van der Waals surface area contributed by atoms with Crippen LogP contribution in [0.2, 0.25) is 0 Å². The minimum Gasteiger partial charge on any atom is -0.384 e. The van der Waals surface area contributed by atoms with Crippen molar-refractivity contribution in [3.05, 3.63) is 82.1 Å². The van der Waals surface area contributed by atoms with Crippen LogP contribution in [0.5, 0.6) is 0 Å². The zero-order valence-electron chi connectivity index (χ0n) is 21.3. The predicted molar refractivity (Wildman–Crippen MR) is 137 cm³/mol. The summed E-state index contributed by atoms with van der Waals surface area (Å²) in [4.78, 5) is 6.56. The first-order chi connectivity index (χ1) is 15.9. The number of aliphatic imine (C=N–C) groups is 1. The van der Waals surface area contributed by atoms with Crippen molar-refractivity contribution in [3.8, 4) is 0 Å². The molecule has 0 bridgehead atoms. The fourth-order valence-corrected chi connectivity index (χ4v) is 4.39. The first-order valence-electron chi connectivity index (χ1n) is 11.8. The SMILES string of the molecule is C=C1C(C)C2=CC(=N/C(C)=N)/C(=C(/CC)NCc3cccc(C(C)(F)C(C)C)c3F)C=C2N1C. The van der Waals surface area contributed by atoms with E-state index in [1.807, 2.05) is 20.0 Å². The molecule has 0 spiro atoms. The molecule has 1 aromatic carbocycles. The lowest BCUT2D eigenvalue weighted by atomic mass is 9.85. The summed E-state index contributed by atoms with van der Waals surface area (Å²) in [6.45, 7) is 15.1. The molecule has 2 unspecified atom stereocenters. The molecule has 3 rings (SSSR count). The van der Waals surface area contributed by atoms with Gasteiger partial charge in [0.1, 0.15) is 17.3 Å². The number of likely N-dealkylation sites (tertiary alicyclic amines) is 1. The van der Waals surface area contributed by atoms with Gasteiger partial charge in [-0.2, -0.15) is 0 Å². The third-order valence-corrected chi connectivity index (χ3v) is 7.05. The molecule has 6 heteroatoms. The third kappa shape index (κ3) is 4.63. The quantitative estimate of drug-likeness (QED) is 0.359. The van der Waals surface area contributed by atoms with Crippen LogP contribution in [-0.4, -0.2) is 23.5 Å². The molecule has 0 aromatic heterocycles. The molecule has 1 aliphatic carbocycles. The Labute approximate surface area is 202 Å². The summed E-state index contributed by atoms with van der Waals surface area (Å²) in [7, 11) is 2.00. The van der Waals surface area contributed by atoms with Crippen molar-refractivity contribution in [1.82, 2.24) is 10.2 Å². The van der Waals surface area contributed by atoms with Crippen molar-refractivity contribution in [2.75, 3.05) is 7.05 Å². The second kappa shape index (κ2) is 9.69. The number of fused-ring (bicyclic) bond motifs is 1. The number of nitrogens with one attached hydrogen (secondary N) is 2. The van der Waals surface area contributed by atoms with Crippen LogP contribution in [0.25, 0.3) is 0 Å². The molecule has 1 heterocycles. The minimum atomic E-state index is -1.76. The van der Waals surface area contributed by atoms with Gasteiger partial charge in [-0.1, -0.05) is 52.5 Å². The highest BCUT2D eigenvalue weighted by atomic mass is 19.1. The number of alkyl halides is 1. The van der Waals surface area contributed by atoms with E-state index in [2.05, 4.69) is 34.8 Å². The number of nitrogens with zero attached hydrogens (tertiary/aromatic N) is 2. The molecule has 34 heavy (non-hydrogen) atoms. The molecule has 1 aliphatic heterocycles. The van der Waals surface area contributed by atoms with Crippen molar-refractivity contribution in [1.29, 1.82) is 5.41 Å². The van der Waals surface area contributed by atoms with Crippen LogP contribution in [0.15, 0.2) is 70.2 Å². The molecule has 1 aromatic rings. The fraction of sp³-hybridized carbons (Fsp3) is 0.429. The van der Waals surface area contributed by atoms with Crippen LogP contribution in [0.4, 0.5) is 8.78 Å². The van der Waals surface area contributed by atoms with Crippen LogP contribution in [0, 0.1) is 23.1 Å². The molecule has 2 N–H and O–H groups in total. The number of likely N-dealkylation sites (N-methyl/N-ethyl adjacent to an activating group) is 1. The van der Waals surface area contributed by atoms with E-state index in [1.165, 1.54) is 13.0 Å². The maximum atomic E-state index is 15.3. The third-order valence-electron chi connectivity index (χ3n) is 7.05. The largest absolute Gasteiger partial charge is 0.384 e. The number of rotatable bonds is 6. The summed E-state index contributed by atoms with van der Waals surface area (Å²) in [6.07, 6.45) is 4.76. The van der Waals surface area contributed by atoms with E-state index in [0.717, 1.165) is 28.2 Å². The smallest absolute Gasteiger partial charge is 0.138 e. The van der Waals surface area contributed by atoms with E-state index in [1.54, 1.807) is 32.9 Å². The Balaban J connectivity index is 2.01. The second-order valence-electron chi connectivity index (χ2n) is 9.59. The Kier molecular flexibility index (Phi) is 7.29. The van der Waals surface area contributed by atoms with Crippen molar-refractivity contribution in [2.24, 2.45) is 16.8 Å². The summed E-state index contributed by atoms with van der Waals surface area (Å²) >= 11 is 0. The van der Waals surface area contributed by atoms with E-state index in [4.69, 9.17) is 5.41 Å². The van der Waals surface area contributed by atoms with Crippen molar-refractivity contribution < 1.29 is 8.78 Å². The average molecular weight is 467 g/mol. The van der Waals surface area contributed by atoms with E-state index in [0.29, 0.717) is 17.7 Å². The van der Waals surface area contributed by atoms with E-state index in [-0.39, 0.29) is 29.8 Å². The Hall–Kier alpha value is -3.02. The van der Waals surface area contributed by atoms with E-state index >= 15 is 8.78 Å². The Bertz CT molecular complexity index is 1140. The van der Waals surface area contributed by atoms with Gasteiger partial charge >= 0.3 is 0 Å². The zero-order chi connectivity index (χ0) is 25.4. The van der Waals surface area contributed by atoms with Crippen molar-refractivity contribution >= 4 is 11.5 Å². The molecule has 2 aliphatic rings. The molecule has 1 saturated heterocycles. The average Bonchev–Trinajstić information content (AvgIpc) is 2.98. The van der Waals surface area contributed by atoms with Gasteiger partial charge in [0, 0.05) is 53.3 Å². The molecule has 4 nitrogen and oxygen atoms in total. The predicted octanol–water partition coefficient (Wildman–Crippen LogP) is 6.78. The van der Waals surface area contributed by atoms with Gasteiger partial charge in [-0.25, -0.2) is 13.8 Å². The standard InChI is InChI=1S/C28H36F2N4/c1-9-24(32-15-20-11-10-12-23(27(20)29)28(7,30)16(2)3)22-14-26-21(13-25(22)33-19(6)31)17(4)18(5)34(26)8/h10-14,16-17,31-32H,5,9,15H2,1-4,6-8H3/b24-22-,31-19?,33-25-. The lowest BCUT2D eigenvalue weighted by Gasteiger charge is -2.26. The highest BCUT2D eigenvalue weighted by Gasteiger charge is 2.35. The maximum Gasteiger partial charge on any atom is 0.138 e. The Morgan fingerprint density at radius 1 is 1.32 bits per heavy atom. The van der Waals surface area contributed by atoms with Crippen LogP contribution in [0.1, 0.15) is 59.1 Å². The summed E-state index contributed by atoms with van der Waals surface area (Å²) in [5.41, 5.74) is 4.39. The van der Waals surface area contributed by atoms with Gasteiger partial charge in [-0.3, -0.25) is 5.41 Å². The summed E-state index contributed by atoms with van der Waals surface area (Å²) < 4.78 is 30.5. The van der Waals surface area contributed by atoms with E-state index in [9.17, 15) is 0 Å². The lowest BCUT2D eigenvalue weighted by molar-refractivity contribution is 0.118. The van der Waals surface area contributed by atoms with Crippen LogP contribution >= 0.6 is 0 Å². The van der Waals surface area contributed by atoms with Crippen LogP contribution in [0.3, 0.4) is 0 Å². The number of allylic oxidation sites excluding steroid dienone is 6. The molecule has 0 radical (unpaired) electrons. The molecule has 1 fully saturated rings. The first-order valence-corrected chi connectivity index (χ1v) is 11.8. The maximum absolute atomic E-state index is 15.3. The number of hydrogen-bond donors (Lipinski definition) is 2. The second-order valence-corrected chi connectivity index (χ2v) is 9.59. The Morgan fingerprint density at radius 3 is 2.59 bits per heavy atom. The number of amidine groups is 1. The fourth-order valence-electron chi connectivity index (χ4n) is 4.39. The first kappa shape index (κ1) is 25.6. The lowest BCUT2D eigenvalue weighted by Crippen LogP contribution is -2.25. The molecule has 182 valence electrons. The molecular formula is C28H36F2N4. The summed E-state index contributed by atoms with van der Waals surface area (Å²) in [5, 5.41) is 11.3. The van der Waals surface area contributed by atoms with Crippen LogP contribution < -0.4 is 5.32 Å². The summed E-state index contributed by atoms with van der Waals surface area (Å²) in [5.74, 6) is -0.482. The van der Waals surface area contributed by atoms with Gasteiger partial charge in [0.2, 0.25) is 0 Å². The van der Waals surface area contributed by atoms with Gasteiger partial charge in [0.25, 0.3) is 0 Å². The summed E-state index contributed by atoms with van der Waals surface area (Å²) in [6, 6.07) is 4.92. The topological polar surface area (TPSA) is 51.5 Å². The molecule has 2 atom stereocenters. The molecule has 0 amide bonds. The molecular weight excluding hydrogens is 430 g/mol. The number of halogens is 2. The van der Waals surface area contributed by atoms with Gasteiger partial charge in [-0.05, 0) is 43.9 Å². The molecule has 0 saturated carbocycles. The van der Waals surface area contributed by atoms with Crippen molar-refractivity contribution in [3.63, 3.8) is 0 Å².